The predicted octanol–water partition coefficient (Wildman–Crippen LogP) is 6.18. The molecule has 1 heterocycles. The van der Waals surface area contributed by atoms with Gasteiger partial charge >= 0.3 is 0 Å². The van der Waals surface area contributed by atoms with E-state index >= 15 is 0 Å². The number of aromatic nitrogens is 2. The van der Waals surface area contributed by atoms with E-state index in [9.17, 15) is 0 Å². The van der Waals surface area contributed by atoms with Gasteiger partial charge in [-0.25, -0.2) is 4.98 Å². The van der Waals surface area contributed by atoms with Crippen molar-refractivity contribution in [1.29, 1.82) is 0 Å². The zero-order chi connectivity index (χ0) is 32.1. The highest BCUT2D eigenvalue weighted by molar-refractivity contribution is 5.54. The second-order valence-electron chi connectivity index (χ2n) is 12.3. The van der Waals surface area contributed by atoms with Crippen molar-refractivity contribution in [1.82, 2.24) is 24.7 Å². The number of hydrogen-bond acceptors (Lipinski definition) is 7. The van der Waals surface area contributed by atoms with E-state index in [1.54, 1.807) is 6.20 Å². The number of nitrogen functional groups attached to an aromatic ring is 2. The van der Waals surface area contributed by atoms with Gasteiger partial charge in [0.1, 0.15) is 5.82 Å². The van der Waals surface area contributed by atoms with Crippen molar-refractivity contribution in [2.45, 2.75) is 24.5 Å². The highest BCUT2D eigenvalue weighted by Crippen LogP contribution is 2.44. The first-order chi connectivity index (χ1) is 21.7. The van der Waals surface area contributed by atoms with Crippen LogP contribution in [0.15, 0.2) is 109 Å². The third-order valence-corrected chi connectivity index (χ3v) is 8.37. The van der Waals surface area contributed by atoms with E-state index < -0.39 is 0 Å². The molecular formula is C38H45N7. The molecule has 0 bridgehead atoms. The molecule has 0 saturated heterocycles. The lowest BCUT2D eigenvalue weighted by Gasteiger charge is -2.38. The summed E-state index contributed by atoms with van der Waals surface area (Å²) in [5.41, 5.74) is 21.7. The Hall–Kier alpha value is -4.56. The van der Waals surface area contributed by atoms with Gasteiger partial charge in [-0.15, -0.1) is 0 Å². The Morgan fingerprint density at radius 1 is 0.578 bits per heavy atom. The summed E-state index contributed by atoms with van der Waals surface area (Å²) in [6.45, 7) is 0. The number of hydrogen-bond donors (Lipinski definition) is 2. The van der Waals surface area contributed by atoms with Gasteiger partial charge in [0.2, 0.25) is 5.95 Å². The highest BCUT2D eigenvalue weighted by atomic mass is 15.1. The second-order valence-corrected chi connectivity index (χ2v) is 12.3. The lowest BCUT2D eigenvalue weighted by atomic mass is 9.79. The van der Waals surface area contributed by atoms with Gasteiger partial charge in [-0.1, -0.05) is 103 Å². The molecule has 0 aliphatic carbocycles. The zero-order valence-electron chi connectivity index (χ0n) is 27.2. The summed E-state index contributed by atoms with van der Waals surface area (Å²) in [6, 6.07) is 37.0. The first-order valence-corrected chi connectivity index (χ1v) is 15.3. The molecule has 0 fully saturated rings. The second kappa shape index (κ2) is 14.0. The van der Waals surface area contributed by atoms with Crippen molar-refractivity contribution in [2.24, 2.45) is 0 Å². The third kappa shape index (κ3) is 7.07. The van der Waals surface area contributed by atoms with Crippen LogP contribution in [0.25, 0.3) is 0 Å². The van der Waals surface area contributed by atoms with E-state index in [4.69, 9.17) is 11.5 Å². The van der Waals surface area contributed by atoms with Crippen molar-refractivity contribution in [2.75, 3.05) is 53.8 Å². The molecule has 0 aliphatic heterocycles. The van der Waals surface area contributed by atoms with Crippen LogP contribution in [-0.4, -0.2) is 67.0 Å². The Morgan fingerprint density at radius 3 is 1.36 bits per heavy atom. The molecule has 7 nitrogen and oxygen atoms in total. The SMILES string of the molecule is CN(C)C(c1ccccc1)c1cc(Cc2cnc(N)nc2N)cc(C(c2ccccc2)N(C)C)c1C(c1ccccc1)N(C)C. The van der Waals surface area contributed by atoms with Gasteiger partial charge in [-0.3, -0.25) is 14.7 Å². The predicted molar refractivity (Wildman–Crippen MR) is 186 cm³/mol. The topological polar surface area (TPSA) is 87.5 Å². The van der Waals surface area contributed by atoms with E-state index in [2.05, 4.69) is 170 Å². The first kappa shape index (κ1) is 31.9. The maximum absolute atomic E-state index is 6.38. The fraction of sp³-hybridized carbons (Fsp3) is 0.263. The molecule has 5 rings (SSSR count). The summed E-state index contributed by atoms with van der Waals surface area (Å²) in [5.74, 6) is 0.586. The van der Waals surface area contributed by atoms with Crippen LogP contribution < -0.4 is 11.5 Å². The fourth-order valence-corrected chi connectivity index (χ4v) is 6.56. The third-order valence-electron chi connectivity index (χ3n) is 8.37. The summed E-state index contributed by atoms with van der Waals surface area (Å²) in [7, 11) is 13.0. The molecular weight excluding hydrogens is 554 g/mol. The zero-order valence-corrected chi connectivity index (χ0v) is 27.2. The Kier molecular flexibility index (Phi) is 9.93. The minimum atomic E-state index is -0.00957. The van der Waals surface area contributed by atoms with Crippen LogP contribution in [0, 0.1) is 0 Å². The van der Waals surface area contributed by atoms with E-state index in [-0.39, 0.29) is 24.1 Å². The Morgan fingerprint density at radius 2 is 0.978 bits per heavy atom. The van der Waals surface area contributed by atoms with Crippen LogP contribution in [0.1, 0.15) is 62.6 Å². The summed E-state index contributed by atoms with van der Waals surface area (Å²) >= 11 is 0. The van der Waals surface area contributed by atoms with Crippen LogP contribution in [0.2, 0.25) is 0 Å². The number of benzene rings is 4. The number of nitrogens with two attached hydrogens (primary N) is 2. The molecule has 5 aromatic rings. The van der Waals surface area contributed by atoms with E-state index in [1.165, 1.54) is 33.4 Å². The average Bonchev–Trinajstić information content (AvgIpc) is 3.01. The molecule has 7 heteroatoms. The van der Waals surface area contributed by atoms with Gasteiger partial charge in [-0.2, -0.15) is 4.98 Å². The standard InChI is InChI=1S/C38H45N7/c1-43(2)34(27-16-10-7-11-17-27)31-23-26(22-30-25-41-38(40)42-37(30)39)24-32(35(44(3)4)28-18-12-8-13-19-28)33(31)36(45(5)6)29-20-14-9-15-21-29/h7-21,23-25,34-36H,22H2,1-6H3,(H4,39,40,41,42). The van der Waals surface area contributed by atoms with Gasteiger partial charge in [0.15, 0.2) is 0 Å². The normalized spacial score (nSPS) is 13.7. The highest BCUT2D eigenvalue weighted by Gasteiger charge is 2.33. The van der Waals surface area contributed by atoms with E-state index in [1.807, 2.05) is 0 Å². The minimum absolute atomic E-state index is 0.00694. The maximum Gasteiger partial charge on any atom is 0.221 e. The van der Waals surface area contributed by atoms with Gasteiger partial charge in [0.25, 0.3) is 0 Å². The lowest BCUT2D eigenvalue weighted by Crippen LogP contribution is -2.31. The summed E-state index contributed by atoms with van der Waals surface area (Å²) in [4.78, 5) is 15.5. The van der Waals surface area contributed by atoms with Crippen molar-refractivity contribution in [3.8, 4) is 0 Å². The van der Waals surface area contributed by atoms with Gasteiger partial charge in [0, 0.05) is 18.2 Å². The number of rotatable bonds is 11. The molecule has 232 valence electrons. The summed E-state index contributed by atoms with van der Waals surface area (Å²) in [5, 5.41) is 0. The monoisotopic (exact) mass is 599 g/mol. The molecule has 0 radical (unpaired) electrons. The molecule has 0 amide bonds. The van der Waals surface area contributed by atoms with E-state index in [0.29, 0.717) is 12.2 Å². The van der Waals surface area contributed by atoms with Crippen molar-refractivity contribution in [3.05, 3.63) is 154 Å². The fourth-order valence-electron chi connectivity index (χ4n) is 6.56. The Labute approximate surface area is 268 Å². The van der Waals surface area contributed by atoms with Gasteiger partial charge in [-0.05, 0) is 81.2 Å². The number of nitrogens with zero attached hydrogens (tertiary/aromatic N) is 5. The number of anilines is 2. The summed E-state index contributed by atoms with van der Waals surface area (Å²) < 4.78 is 0. The van der Waals surface area contributed by atoms with Gasteiger partial charge in [0.05, 0.1) is 18.1 Å². The molecule has 0 aliphatic rings. The van der Waals surface area contributed by atoms with Crippen LogP contribution >= 0.6 is 0 Å². The quantitative estimate of drug-likeness (QED) is 0.187. The van der Waals surface area contributed by atoms with Crippen LogP contribution in [-0.2, 0) is 6.42 Å². The molecule has 45 heavy (non-hydrogen) atoms. The molecule has 0 saturated carbocycles. The van der Waals surface area contributed by atoms with Crippen molar-refractivity contribution in [3.63, 3.8) is 0 Å². The van der Waals surface area contributed by atoms with Crippen molar-refractivity contribution >= 4 is 11.8 Å². The molecule has 3 atom stereocenters. The lowest BCUT2D eigenvalue weighted by molar-refractivity contribution is 0.304. The molecule has 4 aromatic carbocycles. The molecule has 3 unspecified atom stereocenters. The minimum Gasteiger partial charge on any atom is -0.383 e. The molecule has 0 spiro atoms. The van der Waals surface area contributed by atoms with Crippen LogP contribution in [0.4, 0.5) is 11.8 Å². The van der Waals surface area contributed by atoms with Crippen molar-refractivity contribution < 1.29 is 0 Å². The van der Waals surface area contributed by atoms with Crippen LogP contribution in [0.3, 0.4) is 0 Å². The largest absolute Gasteiger partial charge is 0.383 e. The molecule has 4 N–H and O–H groups in total. The maximum atomic E-state index is 6.38. The van der Waals surface area contributed by atoms with Crippen LogP contribution in [0.5, 0.6) is 0 Å². The summed E-state index contributed by atoms with van der Waals surface area (Å²) in [6.07, 6.45) is 2.33. The van der Waals surface area contributed by atoms with E-state index in [0.717, 1.165) is 11.1 Å². The first-order valence-electron chi connectivity index (χ1n) is 15.3. The van der Waals surface area contributed by atoms with Gasteiger partial charge < -0.3 is 11.5 Å². The Bertz CT molecular complexity index is 1610. The smallest absolute Gasteiger partial charge is 0.221 e. The Balaban J connectivity index is 1.89. The average molecular weight is 600 g/mol. The molecule has 1 aromatic heterocycles.